The number of hydrogen-bond acceptors (Lipinski definition) is 2. The summed E-state index contributed by atoms with van der Waals surface area (Å²) in [5.74, 6) is 2.59. The lowest BCUT2D eigenvalue weighted by Gasteiger charge is -2.04. The van der Waals surface area contributed by atoms with Gasteiger partial charge in [-0.3, -0.25) is 0 Å². The predicted octanol–water partition coefficient (Wildman–Crippen LogP) is 2.41. The first kappa shape index (κ1) is 10.5. The summed E-state index contributed by atoms with van der Waals surface area (Å²) in [5, 5.41) is 3.24. The first-order valence-electron chi connectivity index (χ1n) is 5.72. The summed E-state index contributed by atoms with van der Waals surface area (Å²) < 4.78 is 5.42. The molecule has 1 fully saturated rings. The van der Waals surface area contributed by atoms with Gasteiger partial charge in [-0.25, -0.2) is 0 Å². The van der Waals surface area contributed by atoms with Gasteiger partial charge in [0.15, 0.2) is 0 Å². The molecule has 0 heterocycles. The first-order chi connectivity index (χ1) is 7.35. The van der Waals surface area contributed by atoms with E-state index in [2.05, 4.69) is 29.6 Å². The summed E-state index contributed by atoms with van der Waals surface area (Å²) in [5.41, 5.74) is 1.46. The van der Waals surface area contributed by atoms with E-state index < -0.39 is 0 Å². The van der Waals surface area contributed by atoms with Crippen LogP contribution in [0.2, 0.25) is 0 Å². The summed E-state index contributed by atoms with van der Waals surface area (Å²) >= 11 is 0. The lowest BCUT2D eigenvalue weighted by atomic mass is 10.1. The molecule has 82 valence electrons. The zero-order chi connectivity index (χ0) is 10.7. The fourth-order valence-corrected chi connectivity index (χ4v) is 2.12. The lowest BCUT2D eigenvalue weighted by Crippen LogP contribution is -2.10. The number of benzene rings is 1. The minimum Gasteiger partial charge on any atom is -0.494 e. The van der Waals surface area contributed by atoms with E-state index in [1.165, 1.54) is 12.0 Å². The first-order valence-corrected chi connectivity index (χ1v) is 5.72. The van der Waals surface area contributed by atoms with Gasteiger partial charge in [-0.1, -0.05) is 12.1 Å². The molecule has 2 atom stereocenters. The molecule has 1 aliphatic carbocycles. The van der Waals surface area contributed by atoms with Gasteiger partial charge in [0.2, 0.25) is 0 Å². The highest BCUT2D eigenvalue weighted by Crippen LogP contribution is 2.47. The van der Waals surface area contributed by atoms with Crippen LogP contribution in [0.25, 0.3) is 0 Å². The molecule has 0 aromatic heterocycles. The third-order valence-electron chi connectivity index (χ3n) is 3.01. The molecule has 2 nitrogen and oxygen atoms in total. The van der Waals surface area contributed by atoms with E-state index in [4.69, 9.17) is 4.74 Å². The van der Waals surface area contributed by atoms with E-state index in [0.717, 1.165) is 30.7 Å². The molecule has 2 heteroatoms. The van der Waals surface area contributed by atoms with Gasteiger partial charge in [0, 0.05) is 0 Å². The quantitative estimate of drug-likeness (QED) is 0.797. The Morgan fingerprint density at radius 3 is 2.67 bits per heavy atom. The molecular weight excluding hydrogens is 186 g/mol. The van der Waals surface area contributed by atoms with Crippen LogP contribution >= 0.6 is 0 Å². The Bertz CT molecular complexity index is 307. The molecule has 1 saturated carbocycles. The fourth-order valence-electron chi connectivity index (χ4n) is 2.12. The third-order valence-corrected chi connectivity index (χ3v) is 3.01. The number of nitrogens with one attached hydrogen (secondary N) is 1. The summed E-state index contributed by atoms with van der Waals surface area (Å²) in [6.45, 7) is 3.89. The van der Waals surface area contributed by atoms with Crippen molar-refractivity contribution in [3.05, 3.63) is 29.8 Å². The maximum atomic E-state index is 5.42. The second-order valence-corrected chi connectivity index (χ2v) is 4.16. The van der Waals surface area contributed by atoms with Crippen LogP contribution in [0.15, 0.2) is 24.3 Å². The highest BCUT2D eigenvalue weighted by molar-refractivity contribution is 5.32. The average Bonchev–Trinajstić information content (AvgIpc) is 3.00. The Balaban J connectivity index is 1.94. The number of rotatable bonds is 5. The van der Waals surface area contributed by atoms with Crippen molar-refractivity contribution in [2.75, 3.05) is 20.2 Å². The molecule has 1 aliphatic rings. The van der Waals surface area contributed by atoms with Crippen LogP contribution < -0.4 is 10.1 Å². The Labute approximate surface area is 91.6 Å². The van der Waals surface area contributed by atoms with Crippen molar-refractivity contribution in [2.24, 2.45) is 5.92 Å². The standard InChI is InChI=1S/C13H19NO/c1-3-15-12-6-4-10(5-7-12)13-8-11(13)9-14-2/h4-7,11,13-14H,3,8-9H2,1-2H3. The van der Waals surface area contributed by atoms with Crippen molar-refractivity contribution in [1.29, 1.82) is 0 Å². The van der Waals surface area contributed by atoms with E-state index in [1.54, 1.807) is 0 Å². The van der Waals surface area contributed by atoms with Crippen molar-refractivity contribution >= 4 is 0 Å². The molecular formula is C13H19NO. The van der Waals surface area contributed by atoms with Crippen LogP contribution in [-0.4, -0.2) is 20.2 Å². The largest absolute Gasteiger partial charge is 0.494 e. The zero-order valence-corrected chi connectivity index (χ0v) is 9.49. The van der Waals surface area contributed by atoms with Gasteiger partial charge in [-0.15, -0.1) is 0 Å². The zero-order valence-electron chi connectivity index (χ0n) is 9.49. The summed E-state index contributed by atoms with van der Waals surface area (Å²) in [4.78, 5) is 0. The minimum atomic E-state index is 0.741. The van der Waals surface area contributed by atoms with Crippen molar-refractivity contribution < 1.29 is 4.74 Å². The Kier molecular flexibility index (Phi) is 3.27. The van der Waals surface area contributed by atoms with Crippen molar-refractivity contribution in [3.8, 4) is 5.75 Å². The highest BCUT2D eigenvalue weighted by atomic mass is 16.5. The topological polar surface area (TPSA) is 21.3 Å². The van der Waals surface area contributed by atoms with Gasteiger partial charge < -0.3 is 10.1 Å². The minimum absolute atomic E-state index is 0.741. The summed E-state index contributed by atoms with van der Waals surface area (Å²) in [7, 11) is 2.02. The fraction of sp³-hybridized carbons (Fsp3) is 0.538. The van der Waals surface area contributed by atoms with Gasteiger partial charge in [0.25, 0.3) is 0 Å². The SMILES string of the molecule is CCOc1ccc(C2CC2CNC)cc1. The molecule has 15 heavy (non-hydrogen) atoms. The second kappa shape index (κ2) is 4.67. The van der Waals surface area contributed by atoms with Gasteiger partial charge in [-0.05, 0) is 56.5 Å². The second-order valence-electron chi connectivity index (χ2n) is 4.16. The molecule has 0 aliphatic heterocycles. The molecule has 1 aromatic rings. The molecule has 0 bridgehead atoms. The molecule has 2 rings (SSSR count). The molecule has 0 saturated heterocycles. The third kappa shape index (κ3) is 2.51. The normalized spacial score (nSPS) is 23.9. The maximum absolute atomic E-state index is 5.42. The van der Waals surface area contributed by atoms with E-state index in [-0.39, 0.29) is 0 Å². The van der Waals surface area contributed by atoms with Crippen LogP contribution in [0.4, 0.5) is 0 Å². The van der Waals surface area contributed by atoms with E-state index in [1.807, 2.05) is 14.0 Å². The Hall–Kier alpha value is -1.02. The molecule has 0 amide bonds. The van der Waals surface area contributed by atoms with Gasteiger partial charge in [-0.2, -0.15) is 0 Å². The molecule has 2 unspecified atom stereocenters. The smallest absolute Gasteiger partial charge is 0.119 e. The van der Waals surface area contributed by atoms with Gasteiger partial charge in [0.1, 0.15) is 5.75 Å². The van der Waals surface area contributed by atoms with Crippen molar-refractivity contribution in [2.45, 2.75) is 19.3 Å². The predicted molar refractivity (Wildman–Crippen MR) is 62.4 cm³/mol. The summed E-state index contributed by atoms with van der Waals surface area (Å²) in [6, 6.07) is 8.55. The van der Waals surface area contributed by atoms with Crippen LogP contribution in [0.5, 0.6) is 5.75 Å². The van der Waals surface area contributed by atoms with E-state index in [0.29, 0.717) is 0 Å². The molecule has 0 spiro atoms. The number of hydrogen-bond donors (Lipinski definition) is 1. The Morgan fingerprint density at radius 1 is 1.33 bits per heavy atom. The van der Waals surface area contributed by atoms with Crippen molar-refractivity contribution in [3.63, 3.8) is 0 Å². The summed E-state index contributed by atoms with van der Waals surface area (Å²) in [6.07, 6.45) is 1.33. The van der Waals surface area contributed by atoms with E-state index >= 15 is 0 Å². The molecule has 0 radical (unpaired) electrons. The van der Waals surface area contributed by atoms with E-state index in [9.17, 15) is 0 Å². The van der Waals surface area contributed by atoms with Crippen molar-refractivity contribution in [1.82, 2.24) is 5.32 Å². The van der Waals surface area contributed by atoms with Gasteiger partial charge >= 0.3 is 0 Å². The number of ether oxygens (including phenoxy) is 1. The van der Waals surface area contributed by atoms with Crippen LogP contribution in [0, 0.1) is 5.92 Å². The highest BCUT2D eigenvalue weighted by Gasteiger charge is 2.37. The maximum Gasteiger partial charge on any atom is 0.119 e. The molecule has 1 N–H and O–H groups in total. The monoisotopic (exact) mass is 205 g/mol. The van der Waals surface area contributed by atoms with Gasteiger partial charge in [0.05, 0.1) is 6.61 Å². The Morgan fingerprint density at radius 2 is 2.07 bits per heavy atom. The molecule has 1 aromatic carbocycles. The van der Waals surface area contributed by atoms with Crippen LogP contribution in [0.3, 0.4) is 0 Å². The van der Waals surface area contributed by atoms with Crippen LogP contribution in [0.1, 0.15) is 24.8 Å². The average molecular weight is 205 g/mol. The van der Waals surface area contributed by atoms with Crippen LogP contribution in [-0.2, 0) is 0 Å². The lowest BCUT2D eigenvalue weighted by molar-refractivity contribution is 0.340.